The average Bonchev–Trinajstić information content (AvgIpc) is 2.77. The number of rotatable bonds is 5. The van der Waals surface area contributed by atoms with Crippen molar-refractivity contribution in [1.29, 1.82) is 0 Å². The second-order valence-electron chi connectivity index (χ2n) is 6.48. The molecule has 0 spiro atoms. The van der Waals surface area contributed by atoms with Gasteiger partial charge in [-0.25, -0.2) is 9.97 Å². The molecule has 4 rings (SSSR count). The van der Waals surface area contributed by atoms with E-state index >= 15 is 0 Å². The van der Waals surface area contributed by atoms with Crippen molar-refractivity contribution in [3.8, 4) is 11.3 Å². The van der Waals surface area contributed by atoms with Crippen molar-refractivity contribution in [3.63, 3.8) is 0 Å². The Kier molecular flexibility index (Phi) is 5.25. The molecule has 6 heteroatoms. The first kappa shape index (κ1) is 18.3. The lowest BCUT2D eigenvalue weighted by molar-refractivity contribution is 0.102. The molecule has 0 aliphatic rings. The van der Waals surface area contributed by atoms with Crippen molar-refractivity contribution < 1.29 is 4.79 Å². The Bertz CT molecular complexity index is 1130. The van der Waals surface area contributed by atoms with Crippen LogP contribution in [0, 0.1) is 6.92 Å². The molecule has 2 N–H and O–H groups in total. The zero-order valence-corrected chi connectivity index (χ0v) is 15.8. The van der Waals surface area contributed by atoms with Crippen LogP contribution in [0.5, 0.6) is 0 Å². The molecule has 0 radical (unpaired) electrons. The minimum atomic E-state index is -0.157. The van der Waals surface area contributed by atoms with Crippen LogP contribution >= 0.6 is 0 Å². The number of pyridine rings is 1. The van der Waals surface area contributed by atoms with Gasteiger partial charge in [0.25, 0.3) is 5.91 Å². The highest BCUT2D eigenvalue weighted by Crippen LogP contribution is 2.24. The SMILES string of the molecule is Cc1ccc(NC(=O)c2ccccc2)cc1Nc1nccc(-c2cccnc2)n1. The number of hydrogen-bond donors (Lipinski definition) is 2. The third-order valence-corrected chi connectivity index (χ3v) is 4.39. The van der Waals surface area contributed by atoms with Gasteiger partial charge in [0.2, 0.25) is 5.95 Å². The van der Waals surface area contributed by atoms with Crippen molar-refractivity contribution in [3.05, 3.63) is 96.4 Å². The predicted molar refractivity (Wildman–Crippen MR) is 114 cm³/mol. The summed E-state index contributed by atoms with van der Waals surface area (Å²) in [7, 11) is 0. The number of nitrogens with zero attached hydrogens (tertiary/aromatic N) is 3. The van der Waals surface area contributed by atoms with E-state index in [9.17, 15) is 4.79 Å². The molecule has 2 heterocycles. The molecule has 0 bridgehead atoms. The molecular formula is C23H19N5O. The third kappa shape index (κ3) is 4.44. The van der Waals surface area contributed by atoms with E-state index in [1.807, 2.05) is 61.5 Å². The maximum atomic E-state index is 12.4. The predicted octanol–water partition coefficient (Wildman–Crippen LogP) is 4.84. The summed E-state index contributed by atoms with van der Waals surface area (Å²) >= 11 is 0. The van der Waals surface area contributed by atoms with Crippen LogP contribution in [0.3, 0.4) is 0 Å². The first-order valence-corrected chi connectivity index (χ1v) is 9.16. The van der Waals surface area contributed by atoms with Crippen LogP contribution in [0.1, 0.15) is 15.9 Å². The maximum Gasteiger partial charge on any atom is 0.255 e. The number of carbonyl (C=O) groups excluding carboxylic acids is 1. The van der Waals surface area contributed by atoms with Gasteiger partial charge in [-0.1, -0.05) is 24.3 Å². The largest absolute Gasteiger partial charge is 0.324 e. The normalized spacial score (nSPS) is 10.4. The van der Waals surface area contributed by atoms with Crippen LogP contribution in [0.2, 0.25) is 0 Å². The van der Waals surface area contributed by atoms with Crippen LogP contribution in [0.15, 0.2) is 85.3 Å². The zero-order valence-electron chi connectivity index (χ0n) is 15.8. The molecule has 2 aromatic carbocycles. The highest BCUT2D eigenvalue weighted by Gasteiger charge is 2.09. The van der Waals surface area contributed by atoms with E-state index in [-0.39, 0.29) is 5.91 Å². The summed E-state index contributed by atoms with van der Waals surface area (Å²) in [5, 5.41) is 6.16. The Morgan fingerprint density at radius 1 is 0.931 bits per heavy atom. The smallest absolute Gasteiger partial charge is 0.255 e. The summed E-state index contributed by atoms with van der Waals surface area (Å²) in [6.07, 6.45) is 5.19. The molecule has 0 unspecified atom stereocenters. The van der Waals surface area contributed by atoms with Crippen LogP contribution in [-0.2, 0) is 0 Å². The molecule has 0 fully saturated rings. The monoisotopic (exact) mass is 381 g/mol. The van der Waals surface area contributed by atoms with Gasteiger partial charge in [-0.2, -0.15) is 0 Å². The number of anilines is 3. The highest BCUT2D eigenvalue weighted by molar-refractivity contribution is 6.04. The van der Waals surface area contributed by atoms with E-state index in [0.717, 1.165) is 22.5 Å². The third-order valence-electron chi connectivity index (χ3n) is 4.39. The molecule has 6 nitrogen and oxygen atoms in total. The van der Waals surface area contributed by atoms with Crippen molar-refractivity contribution in [1.82, 2.24) is 15.0 Å². The van der Waals surface area contributed by atoms with Gasteiger partial charge >= 0.3 is 0 Å². The average molecular weight is 381 g/mol. The lowest BCUT2D eigenvalue weighted by atomic mass is 10.1. The Hall–Kier alpha value is -4.06. The fourth-order valence-corrected chi connectivity index (χ4v) is 2.84. The maximum absolute atomic E-state index is 12.4. The van der Waals surface area contributed by atoms with Gasteiger partial charge in [-0.05, 0) is 55.0 Å². The van der Waals surface area contributed by atoms with E-state index in [1.165, 1.54) is 0 Å². The molecule has 0 aliphatic carbocycles. The van der Waals surface area contributed by atoms with Gasteiger partial charge in [0.1, 0.15) is 0 Å². The summed E-state index contributed by atoms with van der Waals surface area (Å²) < 4.78 is 0. The van der Waals surface area contributed by atoms with Gasteiger partial charge < -0.3 is 10.6 Å². The first-order valence-electron chi connectivity index (χ1n) is 9.16. The quantitative estimate of drug-likeness (QED) is 0.517. The summed E-state index contributed by atoms with van der Waals surface area (Å²) in [5.74, 6) is 0.316. The molecule has 0 saturated carbocycles. The Labute approximate surface area is 168 Å². The van der Waals surface area contributed by atoms with Gasteiger partial charge in [0.15, 0.2) is 0 Å². The number of benzene rings is 2. The number of carbonyl (C=O) groups is 1. The van der Waals surface area contributed by atoms with Crippen molar-refractivity contribution in [2.75, 3.05) is 10.6 Å². The highest BCUT2D eigenvalue weighted by atomic mass is 16.1. The van der Waals surface area contributed by atoms with Crippen LogP contribution in [-0.4, -0.2) is 20.9 Å². The molecule has 0 aliphatic heterocycles. The summed E-state index contributed by atoms with van der Waals surface area (Å²) in [6.45, 7) is 1.98. The molecule has 142 valence electrons. The van der Waals surface area contributed by atoms with E-state index < -0.39 is 0 Å². The molecular weight excluding hydrogens is 362 g/mol. The Morgan fingerprint density at radius 2 is 1.79 bits per heavy atom. The van der Waals surface area contributed by atoms with E-state index in [1.54, 1.807) is 30.7 Å². The van der Waals surface area contributed by atoms with Gasteiger partial charge in [0.05, 0.1) is 5.69 Å². The first-order chi connectivity index (χ1) is 14.2. The van der Waals surface area contributed by atoms with Gasteiger partial charge in [-0.3, -0.25) is 9.78 Å². The number of amides is 1. The van der Waals surface area contributed by atoms with Crippen molar-refractivity contribution in [2.24, 2.45) is 0 Å². The van der Waals surface area contributed by atoms with Crippen LogP contribution in [0.4, 0.5) is 17.3 Å². The van der Waals surface area contributed by atoms with Gasteiger partial charge in [-0.15, -0.1) is 0 Å². The van der Waals surface area contributed by atoms with Crippen LogP contribution in [0.25, 0.3) is 11.3 Å². The lowest BCUT2D eigenvalue weighted by Gasteiger charge is -2.12. The van der Waals surface area contributed by atoms with Crippen molar-refractivity contribution in [2.45, 2.75) is 6.92 Å². The standard InChI is InChI=1S/C23H19N5O/c1-16-9-10-19(26-22(29)17-6-3-2-4-7-17)14-21(16)28-23-25-13-11-20(27-23)18-8-5-12-24-15-18/h2-15H,1H3,(H,26,29)(H,25,27,28). The lowest BCUT2D eigenvalue weighted by Crippen LogP contribution is -2.12. The van der Waals surface area contributed by atoms with Crippen LogP contribution < -0.4 is 10.6 Å². The van der Waals surface area contributed by atoms with E-state index in [0.29, 0.717) is 17.2 Å². The second kappa shape index (κ2) is 8.31. The zero-order chi connectivity index (χ0) is 20.1. The molecule has 2 aromatic heterocycles. The summed E-state index contributed by atoms with van der Waals surface area (Å²) in [6, 6.07) is 20.4. The summed E-state index contributed by atoms with van der Waals surface area (Å²) in [4.78, 5) is 25.4. The van der Waals surface area contributed by atoms with E-state index in [2.05, 4.69) is 25.6 Å². The fraction of sp³-hybridized carbons (Fsp3) is 0.0435. The Morgan fingerprint density at radius 3 is 2.59 bits per heavy atom. The topological polar surface area (TPSA) is 79.8 Å². The molecule has 1 amide bonds. The molecule has 0 saturated heterocycles. The molecule has 0 atom stereocenters. The Balaban J connectivity index is 1.55. The minimum Gasteiger partial charge on any atom is -0.324 e. The van der Waals surface area contributed by atoms with E-state index in [4.69, 9.17) is 0 Å². The summed E-state index contributed by atoms with van der Waals surface area (Å²) in [5.41, 5.74) is 4.82. The number of hydrogen-bond acceptors (Lipinski definition) is 5. The number of aromatic nitrogens is 3. The number of nitrogens with one attached hydrogen (secondary N) is 2. The van der Waals surface area contributed by atoms with Crippen molar-refractivity contribution >= 4 is 23.2 Å². The van der Waals surface area contributed by atoms with Gasteiger partial charge in [0, 0.05) is 41.1 Å². The molecule has 29 heavy (non-hydrogen) atoms. The minimum absolute atomic E-state index is 0.157. The number of aryl methyl sites for hydroxylation is 1. The second-order valence-corrected chi connectivity index (χ2v) is 6.48. The molecule has 4 aromatic rings. The fourth-order valence-electron chi connectivity index (χ4n) is 2.84.